The molecule has 0 aromatic heterocycles. The maximum absolute atomic E-state index is 11.3. The van der Waals surface area contributed by atoms with Gasteiger partial charge in [-0.2, -0.15) is 0 Å². The first-order valence-corrected chi connectivity index (χ1v) is 5.52. The smallest absolute Gasteiger partial charge is 0.309 e. The summed E-state index contributed by atoms with van der Waals surface area (Å²) in [5, 5.41) is 22.1. The zero-order valence-corrected chi connectivity index (χ0v) is 9.55. The maximum Gasteiger partial charge on any atom is 0.309 e. The Labute approximate surface area is 90.7 Å². The minimum Gasteiger partial charge on any atom is -0.481 e. The van der Waals surface area contributed by atoms with E-state index >= 15 is 0 Å². The first kappa shape index (κ1) is 12.5. The molecular formula is C11H21NO3. The molecule has 0 spiro atoms. The molecule has 0 unspecified atom stereocenters. The highest BCUT2D eigenvalue weighted by molar-refractivity contribution is 5.74. The highest BCUT2D eigenvalue weighted by Gasteiger charge is 2.40. The molecule has 0 radical (unpaired) electrons. The molecule has 0 bridgehead atoms. The van der Waals surface area contributed by atoms with Crippen LogP contribution in [0.5, 0.6) is 0 Å². The summed E-state index contributed by atoms with van der Waals surface area (Å²) in [5.74, 6) is -0.715. The Morgan fingerprint density at radius 2 is 1.93 bits per heavy atom. The quantitative estimate of drug-likeness (QED) is 0.654. The van der Waals surface area contributed by atoms with E-state index in [1.807, 2.05) is 0 Å². The SMILES string of the molecule is CC(C)(O)CCC1(C(=O)O)CCNCC1. The second-order valence-electron chi connectivity index (χ2n) is 5.15. The summed E-state index contributed by atoms with van der Waals surface area (Å²) in [7, 11) is 0. The Kier molecular flexibility index (Phi) is 3.73. The lowest BCUT2D eigenvalue weighted by Gasteiger charge is -2.35. The largest absolute Gasteiger partial charge is 0.481 e. The Hall–Kier alpha value is -0.610. The fourth-order valence-corrected chi connectivity index (χ4v) is 2.02. The summed E-state index contributed by atoms with van der Waals surface area (Å²) in [6.45, 7) is 4.98. The van der Waals surface area contributed by atoms with Crippen LogP contribution in [0.3, 0.4) is 0 Å². The van der Waals surface area contributed by atoms with Crippen molar-refractivity contribution in [1.82, 2.24) is 5.32 Å². The van der Waals surface area contributed by atoms with Crippen LogP contribution in [0.2, 0.25) is 0 Å². The predicted molar refractivity (Wildman–Crippen MR) is 57.7 cm³/mol. The fraction of sp³-hybridized carbons (Fsp3) is 0.909. The average molecular weight is 215 g/mol. The van der Waals surface area contributed by atoms with Crippen molar-refractivity contribution < 1.29 is 15.0 Å². The van der Waals surface area contributed by atoms with Gasteiger partial charge in [-0.05, 0) is 52.6 Å². The monoisotopic (exact) mass is 215 g/mol. The van der Waals surface area contributed by atoms with Crippen molar-refractivity contribution in [2.75, 3.05) is 13.1 Å². The summed E-state index contributed by atoms with van der Waals surface area (Å²) in [4.78, 5) is 11.3. The molecule has 1 rings (SSSR count). The molecule has 1 aliphatic heterocycles. The number of aliphatic hydroxyl groups is 1. The van der Waals surface area contributed by atoms with Crippen LogP contribution in [-0.2, 0) is 4.79 Å². The fourth-order valence-electron chi connectivity index (χ4n) is 2.02. The van der Waals surface area contributed by atoms with Crippen molar-refractivity contribution in [3.8, 4) is 0 Å². The van der Waals surface area contributed by atoms with Gasteiger partial charge in [0.05, 0.1) is 11.0 Å². The van der Waals surface area contributed by atoms with Crippen molar-refractivity contribution in [3.63, 3.8) is 0 Å². The lowest BCUT2D eigenvalue weighted by molar-refractivity contribution is -0.151. The number of rotatable bonds is 4. The number of carbonyl (C=O) groups is 1. The van der Waals surface area contributed by atoms with Gasteiger partial charge in [0.25, 0.3) is 0 Å². The van der Waals surface area contributed by atoms with Gasteiger partial charge in [0.1, 0.15) is 0 Å². The summed E-state index contributed by atoms with van der Waals surface area (Å²) in [6.07, 6.45) is 2.43. The van der Waals surface area contributed by atoms with E-state index in [9.17, 15) is 15.0 Å². The van der Waals surface area contributed by atoms with Crippen LogP contribution in [0.15, 0.2) is 0 Å². The first-order valence-electron chi connectivity index (χ1n) is 5.52. The van der Waals surface area contributed by atoms with Crippen LogP contribution >= 0.6 is 0 Å². The molecule has 1 saturated heterocycles. The molecule has 0 saturated carbocycles. The lowest BCUT2D eigenvalue weighted by Crippen LogP contribution is -2.43. The van der Waals surface area contributed by atoms with E-state index in [0.29, 0.717) is 25.7 Å². The number of hydrogen-bond donors (Lipinski definition) is 3. The second kappa shape index (κ2) is 4.49. The summed E-state index contributed by atoms with van der Waals surface area (Å²) in [5.41, 5.74) is -1.39. The van der Waals surface area contributed by atoms with Gasteiger partial charge in [0, 0.05) is 0 Å². The van der Waals surface area contributed by atoms with Gasteiger partial charge >= 0.3 is 5.97 Å². The number of aliphatic carboxylic acids is 1. The molecule has 3 N–H and O–H groups in total. The Morgan fingerprint density at radius 1 is 1.40 bits per heavy atom. The van der Waals surface area contributed by atoms with E-state index in [1.54, 1.807) is 13.8 Å². The highest BCUT2D eigenvalue weighted by atomic mass is 16.4. The number of carboxylic acid groups (broad SMARTS) is 1. The first-order chi connectivity index (χ1) is 6.86. The molecule has 4 heteroatoms. The highest BCUT2D eigenvalue weighted by Crippen LogP contribution is 2.36. The molecule has 0 aromatic rings. The third-order valence-electron chi connectivity index (χ3n) is 3.23. The molecule has 88 valence electrons. The van der Waals surface area contributed by atoms with E-state index in [-0.39, 0.29) is 0 Å². The van der Waals surface area contributed by atoms with Crippen LogP contribution in [0, 0.1) is 5.41 Å². The van der Waals surface area contributed by atoms with Crippen LogP contribution < -0.4 is 5.32 Å². The number of nitrogens with one attached hydrogen (secondary N) is 1. The van der Waals surface area contributed by atoms with Crippen molar-refractivity contribution >= 4 is 5.97 Å². The van der Waals surface area contributed by atoms with Gasteiger partial charge in [-0.1, -0.05) is 0 Å². The van der Waals surface area contributed by atoms with E-state index in [1.165, 1.54) is 0 Å². The van der Waals surface area contributed by atoms with Crippen LogP contribution in [0.4, 0.5) is 0 Å². The standard InChI is InChI=1S/C11H21NO3/c1-10(2,15)3-4-11(9(13)14)5-7-12-8-6-11/h12,15H,3-8H2,1-2H3,(H,13,14). The molecule has 0 aromatic carbocycles. The minimum absolute atomic E-state index is 0.541. The predicted octanol–water partition coefficient (Wildman–Crippen LogP) is 0.992. The second-order valence-corrected chi connectivity index (χ2v) is 5.15. The van der Waals surface area contributed by atoms with E-state index < -0.39 is 17.0 Å². The van der Waals surface area contributed by atoms with Gasteiger partial charge < -0.3 is 15.5 Å². The summed E-state index contributed by atoms with van der Waals surface area (Å²) in [6, 6.07) is 0. The topological polar surface area (TPSA) is 69.6 Å². The third kappa shape index (κ3) is 3.47. The molecule has 0 amide bonds. The summed E-state index contributed by atoms with van der Waals surface area (Å²) < 4.78 is 0. The maximum atomic E-state index is 11.3. The zero-order chi connectivity index (χ0) is 11.5. The lowest BCUT2D eigenvalue weighted by atomic mass is 9.74. The van der Waals surface area contributed by atoms with Crippen molar-refractivity contribution in [3.05, 3.63) is 0 Å². The molecule has 1 fully saturated rings. The van der Waals surface area contributed by atoms with Gasteiger partial charge in [-0.15, -0.1) is 0 Å². The van der Waals surface area contributed by atoms with Crippen molar-refractivity contribution in [1.29, 1.82) is 0 Å². The number of hydrogen-bond acceptors (Lipinski definition) is 3. The van der Waals surface area contributed by atoms with Crippen LogP contribution in [0.1, 0.15) is 39.5 Å². The molecular weight excluding hydrogens is 194 g/mol. The molecule has 1 heterocycles. The van der Waals surface area contributed by atoms with Crippen molar-refractivity contribution in [2.24, 2.45) is 5.41 Å². The van der Waals surface area contributed by atoms with Crippen LogP contribution in [-0.4, -0.2) is 34.9 Å². The number of carboxylic acids is 1. The minimum atomic E-state index is -0.771. The zero-order valence-electron chi connectivity index (χ0n) is 9.55. The Bertz CT molecular complexity index is 226. The molecule has 1 aliphatic rings. The normalized spacial score (nSPS) is 21.3. The van der Waals surface area contributed by atoms with E-state index in [4.69, 9.17) is 0 Å². The Morgan fingerprint density at radius 3 is 2.33 bits per heavy atom. The Balaban J connectivity index is 2.61. The average Bonchev–Trinajstić information content (AvgIpc) is 2.15. The molecule has 4 nitrogen and oxygen atoms in total. The summed E-state index contributed by atoms with van der Waals surface area (Å²) >= 11 is 0. The van der Waals surface area contributed by atoms with E-state index in [0.717, 1.165) is 13.1 Å². The van der Waals surface area contributed by atoms with E-state index in [2.05, 4.69) is 5.32 Å². The molecule has 15 heavy (non-hydrogen) atoms. The van der Waals surface area contributed by atoms with Crippen LogP contribution in [0.25, 0.3) is 0 Å². The van der Waals surface area contributed by atoms with Gasteiger partial charge in [-0.3, -0.25) is 4.79 Å². The molecule has 0 aliphatic carbocycles. The third-order valence-corrected chi connectivity index (χ3v) is 3.23. The van der Waals surface area contributed by atoms with Gasteiger partial charge in [-0.25, -0.2) is 0 Å². The van der Waals surface area contributed by atoms with Gasteiger partial charge in [0.15, 0.2) is 0 Å². The van der Waals surface area contributed by atoms with Crippen molar-refractivity contribution in [2.45, 2.75) is 45.1 Å². The van der Waals surface area contributed by atoms with Gasteiger partial charge in [0.2, 0.25) is 0 Å². The number of piperidine rings is 1. The molecule has 0 atom stereocenters.